The number of halogens is 1. The van der Waals surface area contributed by atoms with Crippen LogP contribution < -0.4 is 4.90 Å². The molecule has 1 aromatic heterocycles. The molecule has 14 heavy (non-hydrogen) atoms. The van der Waals surface area contributed by atoms with Gasteiger partial charge in [0, 0.05) is 13.1 Å². The molecule has 0 amide bonds. The lowest BCUT2D eigenvalue weighted by Gasteiger charge is -2.31. The Hall–Kier alpha value is -0.830. The van der Waals surface area contributed by atoms with Gasteiger partial charge in [-0.3, -0.25) is 4.98 Å². The standard InChI is InChI=1S/C10H14ClN3/c1-8-3-2-4-14(7-8)10-6-12-5-9(11)13-10/h5-6,8H,2-4,7H2,1H3/t8-/m1/s1. The Labute approximate surface area is 89.1 Å². The van der Waals surface area contributed by atoms with Gasteiger partial charge in [-0.2, -0.15) is 0 Å². The first kappa shape index (κ1) is 9.71. The topological polar surface area (TPSA) is 29.0 Å². The molecule has 0 unspecified atom stereocenters. The maximum Gasteiger partial charge on any atom is 0.149 e. The first-order chi connectivity index (χ1) is 6.75. The monoisotopic (exact) mass is 211 g/mol. The number of hydrogen-bond donors (Lipinski definition) is 0. The van der Waals surface area contributed by atoms with Gasteiger partial charge in [-0.15, -0.1) is 0 Å². The minimum atomic E-state index is 0.473. The van der Waals surface area contributed by atoms with Crippen molar-refractivity contribution >= 4 is 17.4 Å². The predicted molar refractivity (Wildman–Crippen MR) is 57.7 cm³/mol. The van der Waals surface area contributed by atoms with Crippen molar-refractivity contribution in [2.75, 3.05) is 18.0 Å². The summed E-state index contributed by atoms with van der Waals surface area (Å²) in [4.78, 5) is 10.6. The molecule has 3 nitrogen and oxygen atoms in total. The van der Waals surface area contributed by atoms with Crippen LogP contribution in [0.25, 0.3) is 0 Å². The molecule has 0 spiro atoms. The molecular formula is C10H14ClN3. The SMILES string of the molecule is C[C@@H]1CCCN(c2cncc(Cl)n2)C1. The van der Waals surface area contributed by atoms with Crippen molar-refractivity contribution in [2.45, 2.75) is 19.8 Å². The highest BCUT2D eigenvalue weighted by molar-refractivity contribution is 6.29. The molecule has 1 aromatic rings. The molecule has 2 heterocycles. The molecule has 1 aliphatic heterocycles. The molecule has 0 bridgehead atoms. The minimum absolute atomic E-state index is 0.473. The molecule has 0 aromatic carbocycles. The van der Waals surface area contributed by atoms with Crippen molar-refractivity contribution in [1.29, 1.82) is 0 Å². The Bertz CT molecular complexity index is 316. The molecule has 76 valence electrons. The molecule has 0 radical (unpaired) electrons. The Morgan fingerprint density at radius 3 is 3.07 bits per heavy atom. The van der Waals surface area contributed by atoms with E-state index in [4.69, 9.17) is 11.6 Å². The van der Waals surface area contributed by atoms with E-state index in [2.05, 4.69) is 21.8 Å². The quantitative estimate of drug-likeness (QED) is 0.714. The fourth-order valence-electron chi connectivity index (χ4n) is 1.88. The van der Waals surface area contributed by atoms with Gasteiger partial charge in [0.2, 0.25) is 0 Å². The van der Waals surface area contributed by atoms with Crippen molar-refractivity contribution in [1.82, 2.24) is 9.97 Å². The highest BCUT2D eigenvalue weighted by atomic mass is 35.5. The summed E-state index contributed by atoms with van der Waals surface area (Å²) in [6.07, 6.45) is 5.89. The number of piperidine rings is 1. The van der Waals surface area contributed by atoms with Crippen LogP contribution >= 0.6 is 11.6 Å². The third-order valence-corrected chi connectivity index (χ3v) is 2.76. The largest absolute Gasteiger partial charge is 0.355 e. The van der Waals surface area contributed by atoms with E-state index in [9.17, 15) is 0 Å². The molecule has 2 rings (SSSR count). The number of rotatable bonds is 1. The van der Waals surface area contributed by atoms with Gasteiger partial charge in [0.15, 0.2) is 0 Å². The van der Waals surface area contributed by atoms with Crippen molar-refractivity contribution in [3.63, 3.8) is 0 Å². The Balaban J connectivity index is 2.14. The Kier molecular flexibility index (Phi) is 2.87. The average molecular weight is 212 g/mol. The maximum absolute atomic E-state index is 5.80. The van der Waals surface area contributed by atoms with Gasteiger partial charge in [0.05, 0.1) is 12.4 Å². The zero-order valence-corrected chi connectivity index (χ0v) is 9.04. The number of nitrogens with zero attached hydrogens (tertiary/aromatic N) is 3. The smallest absolute Gasteiger partial charge is 0.149 e. The van der Waals surface area contributed by atoms with Crippen LogP contribution in [0.3, 0.4) is 0 Å². The van der Waals surface area contributed by atoms with Crippen LogP contribution in [0, 0.1) is 5.92 Å². The molecule has 0 saturated carbocycles. The van der Waals surface area contributed by atoms with Crippen molar-refractivity contribution in [3.05, 3.63) is 17.5 Å². The first-order valence-corrected chi connectivity index (χ1v) is 5.36. The molecular weight excluding hydrogens is 198 g/mol. The first-order valence-electron chi connectivity index (χ1n) is 4.98. The summed E-state index contributed by atoms with van der Waals surface area (Å²) >= 11 is 5.80. The lowest BCUT2D eigenvalue weighted by Crippen LogP contribution is -2.34. The van der Waals surface area contributed by atoms with E-state index in [1.54, 1.807) is 12.4 Å². The summed E-state index contributed by atoms with van der Waals surface area (Å²) in [5.74, 6) is 1.65. The van der Waals surface area contributed by atoms with Gasteiger partial charge in [-0.05, 0) is 18.8 Å². The van der Waals surface area contributed by atoms with Crippen LogP contribution in [0.4, 0.5) is 5.82 Å². The highest BCUT2D eigenvalue weighted by Gasteiger charge is 2.17. The zero-order valence-electron chi connectivity index (χ0n) is 8.28. The molecule has 0 N–H and O–H groups in total. The van der Waals surface area contributed by atoms with Gasteiger partial charge in [-0.25, -0.2) is 4.98 Å². The van der Waals surface area contributed by atoms with Crippen LogP contribution in [-0.2, 0) is 0 Å². The maximum atomic E-state index is 5.80. The summed E-state index contributed by atoms with van der Waals surface area (Å²) in [6, 6.07) is 0. The molecule has 4 heteroatoms. The molecule has 1 fully saturated rings. The highest BCUT2D eigenvalue weighted by Crippen LogP contribution is 2.21. The minimum Gasteiger partial charge on any atom is -0.355 e. The number of hydrogen-bond acceptors (Lipinski definition) is 3. The third kappa shape index (κ3) is 2.15. The summed E-state index contributed by atoms with van der Waals surface area (Å²) in [5, 5.41) is 0.473. The second-order valence-corrected chi connectivity index (χ2v) is 4.28. The normalized spacial score (nSPS) is 22.4. The van der Waals surface area contributed by atoms with Crippen LogP contribution in [0.15, 0.2) is 12.4 Å². The van der Waals surface area contributed by atoms with Crippen LogP contribution in [0.2, 0.25) is 5.15 Å². The molecule has 1 atom stereocenters. The van der Waals surface area contributed by atoms with Crippen LogP contribution in [-0.4, -0.2) is 23.1 Å². The van der Waals surface area contributed by atoms with E-state index in [0.717, 1.165) is 24.8 Å². The van der Waals surface area contributed by atoms with Crippen LogP contribution in [0.1, 0.15) is 19.8 Å². The lowest BCUT2D eigenvalue weighted by molar-refractivity contribution is 0.444. The van der Waals surface area contributed by atoms with Gasteiger partial charge in [-0.1, -0.05) is 18.5 Å². The van der Waals surface area contributed by atoms with Gasteiger partial charge in [0.1, 0.15) is 11.0 Å². The Morgan fingerprint density at radius 2 is 2.36 bits per heavy atom. The van der Waals surface area contributed by atoms with Gasteiger partial charge < -0.3 is 4.90 Å². The van der Waals surface area contributed by atoms with Crippen molar-refractivity contribution in [2.24, 2.45) is 5.92 Å². The fourth-order valence-corrected chi connectivity index (χ4v) is 2.03. The van der Waals surface area contributed by atoms with E-state index in [-0.39, 0.29) is 0 Å². The lowest BCUT2D eigenvalue weighted by atomic mass is 10.0. The van der Waals surface area contributed by atoms with Crippen LogP contribution in [0.5, 0.6) is 0 Å². The molecule has 0 aliphatic carbocycles. The average Bonchev–Trinajstić information content (AvgIpc) is 2.18. The van der Waals surface area contributed by atoms with Gasteiger partial charge in [0.25, 0.3) is 0 Å². The van der Waals surface area contributed by atoms with Gasteiger partial charge >= 0.3 is 0 Å². The third-order valence-electron chi connectivity index (χ3n) is 2.57. The summed E-state index contributed by atoms with van der Waals surface area (Å²) in [7, 11) is 0. The fraction of sp³-hybridized carbons (Fsp3) is 0.600. The van der Waals surface area contributed by atoms with Crippen molar-refractivity contribution < 1.29 is 0 Å². The summed E-state index contributed by atoms with van der Waals surface area (Å²) < 4.78 is 0. The zero-order chi connectivity index (χ0) is 9.97. The Morgan fingerprint density at radius 1 is 1.50 bits per heavy atom. The van der Waals surface area contributed by atoms with E-state index < -0.39 is 0 Å². The summed E-state index contributed by atoms with van der Waals surface area (Å²) in [6.45, 7) is 4.40. The van der Waals surface area contributed by atoms with Crippen molar-refractivity contribution in [3.8, 4) is 0 Å². The second kappa shape index (κ2) is 4.13. The van der Waals surface area contributed by atoms with E-state index in [0.29, 0.717) is 5.15 Å². The predicted octanol–water partition coefficient (Wildman–Crippen LogP) is 2.37. The molecule has 1 aliphatic rings. The second-order valence-electron chi connectivity index (χ2n) is 3.89. The number of aromatic nitrogens is 2. The van der Waals surface area contributed by atoms with E-state index in [1.165, 1.54) is 12.8 Å². The van der Waals surface area contributed by atoms with E-state index >= 15 is 0 Å². The van der Waals surface area contributed by atoms with E-state index in [1.807, 2.05) is 0 Å². The summed E-state index contributed by atoms with van der Waals surface area (Å²) in [5.41, 5.74) is 0. The number of anilines is 1. The molecule has 1 saturated heterocycles.